The molecule has 2 aromatic rings. The normalized spacial score (nSPS) is 16.0. The number of thiocarbonyl (C=S) groups is 1. The molecule has 1 fully saturated rings. The third-order valence-corrected chi connectivity index (χ3v) is 4.26. The number of hydrogen-bond acceptors (Lipinski definition) is 4. The number of nitrogens with zero attached hydrogens (tertiary/aromatic N) is 1. The van der Waals surface area contributed by atoms with Gasteiger partial charge in [0.15, 0.2) is 5.11 Å². The average molecular weight is 370 g/mol. The highest BCUT2D eigenvalue weighted by Gasteiger charge is 2.35. The smallest absolute Gasteiger partial charge is 0.270 e. The zero-order valence-electron chi connectivity index (χ0n) is 14.1. The molecule has 0 spiro atoms. The van der Waals surface area contributed by atoms with Crippen molar-refractivity contribution < 1.29 is 18.7 Å². The van der Waals surface area contributed by atoms with Gasteiger partial charge < -0.3 is 4.74 Å². The number of aryl methyl sites for hydroxylation is 1. The van der Waals surface area contributed by atoms with Crippen molar-refractivity contribution >= 4 is 40.9 Å². The molecular formula is C19H15FN2O3S. The Kier molecular flexibility index (Phi) is 4.81. The number of carbonyl (C=O) groups is 2. The lowest BCUT2D eigenvalue weighted by molar-refractivity contribution is -0.122. The fourth-order valence-electron chi connectivity index (χ4n) is 2.60. The minimum absolute atomic E-state index is 0.0140. The largest absolute Gasteiger partial charge is 0.497 e. The summed E-state index contributed by atoms with van der Waals surface area (Å²) in [6.07, 6.45) is 1.46. The SMILES string of the molecule is COc1ccc(/C=C2\C(=O)NC(=S)N(c3ccccc3F)C2=O)c(C)c1. The van der Waals surface area contributed by atoms with Gasteiger partial charge in [0.1, 0.15) is 17.1 Å². The fraction of sp³-hybridized carbons (Fsp3) is 0.105. The zero-order valence-corrected chi connectivity index (χ0v) is 14.9. The second-order valence-electron chi connectivity index (χ2n) is 5.63. The molecule has 1 N–H and O–H groups in total. The van der Waals surface area contributed by atoms with Gasteiger partial charge in [0.2, 0.25) is 0 Å². The van der Waals surface area contributed by atoms with Crippen molar-refractivity contribution in [2.24, 2.45) is 0 Å². The molecule has 0 radical (unpaired) electrons. The Bertz CT molecular complexity index is 956. The number of rotatable bonds is 3. The molecule has 0 bridgehead atoms. The van der Waals surface area contributed by atoms with Gasteiger partial charge in [-0.25, -0.2) is 9.29 Å². The molecule has 0 saturated carbocycles. The highest BCUT2D eigenvalue weighted by atomic mass is 32.1. The van der Waals surface area contributed by atoms with Crippen LogP contribution in [0.2, 0.25) is 0 Å². The molecule has 7 heteroatoms. The van der Waals surface area contributed by atoms with Gasteiger partial charge in [-0.05, 0) is 60.6 Å². The van der Waals surface area contributed by atoms with Gasteiger partial charge in [-0.15, -0.1) is 0 Å². The quantitative estimate of drug-likeness (QED) is 0.513. The molecule has 1 aliphatic heterocycles. The first-order chi connectivity index (χ1) is 12.4. The zero-order chi connectivity index (χ0) is 18.8. The third kappa shape index (κ3) is 3.21. The van der Waals surface area contributed by atoms with Crippen LogP contribution in [0.3, 0.4) is 0 Å². The Morgan fingerprint density at radius 2 is 1.92 bits per heavy atom. The molecule has 0 aromatic heterocycles. The first kappa shape index (κ1) is 17.8. The first-order valence-corrected chi connectivity index (χ1v) is 8.14. The van der Waals surface area contributed by atoms with Crippen molar-refractivity contribution in [2.75, 3.05) is 12.0 Å². The summed E-state index contributed by atoms with van der Waals surface area (Å²) in [5, 5.41) is 2.28. The molecule has 0 atom stereocenters. The Morgan fingerprint density at radius 3 is 2.58 bits per heavy atom. The number of carbonyl (C=O) groups excluding carboxylic acids is 2. The van der Waals surface area contributed by atoms with Gasteiger partial charge in [-0.1, -0.05) is 18.2 Å². The molecule has 1 aliphatic rings. The maximum absolute atomic E-state index is 14.1. The number of amides is 2. The summed E-state index contributed by atoms with van der Waals surface area (Å²) in [4.78, 5) is 26.1. The van der Waals surface area contributed by atoms with E-state index in [2.05, 4.69) is 5.32 Å². The Balaban J connectivity index is 2.05. The van der Waals surface area contributed by atoms with Crippen molar-refractivity contribution in [1.29, 1.82) is 0 Å². The van der Waals surface area contributed by atoms with Crippen LogP contribution in [0.15, 0.2) is 48.0 Å². The van der Waals surface area contributed by atoms with E-state index in [0.717, 1.165) is 10.5 Å². The van der Waals surface area contributed by atoms with E-state index in [-0.39, 0.29) is 16.4 Å². The summed E-state index contributed by atoms with van der Waals surface area (Å²) in [5.74, 6) is -1.25. The van der Waals surface area contributed by atoms with Crippen molar-refractivity contribution in [1.82, 2.24) is 5.32 Å². The molecule has 5 nitrogen and oxygen atoms in total. The van der Waals surface area contributed by atoms with Gasteiger partial charge in [-0.3, -0.25) is 14.9 Å². The first-order valence-electron chi connectivity index (χ1n) is 7.73. The van der Waals surface area contributed by atoms with Gasteiger partial charge >= 0.3 is 0 Å². The van der Waals surface area contributed by atoms with Crippen molar-refractivity contribution in [3.05, 3.63) is 65.0 Å². The summed E-state index contributed by atoms with van der Waals surface area (Å²) in [7, 11) is 1.55. The summed E-state index contributed by atoms with van der Waals surface area (Å²) in [6.45, 7) is 1.83. The minimum atomic E-state index is -0.681. The molecule has 2 aromatic carbocycles. The van der Waals surface area contributed by atoms with E-state index in [4.69, 9.17) is 17.0 Å². The molecule has 3 rings (SSSR count). The maximum atomic E-state index is 14.1. The van der Waals surface area contributed by atoms with Gasteiger partial charge in [0, 0.05) is 0 Å². The molecular weight excluding hydrogens is 355 g/mol. The number of nitrogens with one attached hydrogen (secondary N) is 1. The van der Waals surface area contributed by atoms with Crippen LogP contribution >= 0.6 is 12.2 Å². The monoisotopic (exact) mass is 370 g/mol. The lowest BCUT2D eigenvalue weighted by atomic mass is 10.0. The number of ether oxygens (including phenoxy) is 1. The molecule has 26 heavy (non-hydrogen) atoms. The number of benzene rings is 2. The van der Waals surface area contributed by atoms with Crippen LogP contribution < -0.4 is 15.0 Å². The lowest BCUT2D eigenvalue weighted by Crippen LogP contribution is -2.54. The minimum Gasteiger partial charge on any atom is -0.497 e. The van der Waals surface area contributed by atoms with Crippen molar-refractivity contribution in [2.45, 2.75) is 6.92 Å². The number of hydrogen-bond donors (Lipinski definition) is 1. The van der Waals surface area contributed by atoms with Gasteiger partial charge in [-0.2, -0.15) is 0 Å². The molecule has 0 aliphatic carbocycles. The molecule has 1 saturated heterocycles. The van der Waals surface area contributed by atoms with Crippen molar-refractivity contribution in [3.8, 4) is 5.75 Å². The van der Waals surface area contributed by atoms with Gasteiger partial charge in [0.25, 0.3) is 11.8 Å². The van der Waals surface area contributed by atoms with E-state index in [1.165, 1.54) is 24.3 Å². The van der Waals surface area contributed by atoms with Crippen LogP contribution in [-0.2, 0) is 9.59 Å². The van der Waals surface area contributed by atoms with E-state index >= 15 is 0 Å². The third-order valence-electron chi connectivity index (χ3n) is 3.97. The fourth-order valence-corrected chi connectivity index (χ4v) is 2.88. The van der Waals surface area contributed by atoms with E-state index < -0.39 is 17.6 Å². The maximum Gasteiger partial charge on any atom is 0.270 e. The van der Waals surface area contributed by atoms with Crippen LogP contribution in [0.4, 0.5) is 10.1 Å². The Morgan fingerprint density at radius 1 is 1.19 bits per heavy atom. The van der Waals surface area contributed by atoms with E-state index in [0.29, 0.717) is 11.3 Å². The van der Waals surface area contributed by atoms with Crippen molar-refractivity contribution in [3.63, 3.8) is 0 Å². The van der Waals surface area contributed by atoms with Crippen LogP contribution in [0.25, 0.3) is 6.08 Å². The number of methoxy groups -OCH3 is 1. The second-order valence-corrected chi connectivity index (χ2v) is 6.02. The summed E-state index contributed by atoms with van der Waals surface area (Å²) < 4.78 is 19.3. The number of para-hydroxylation sites is 1. The van der Waals surface area contributed by atoms with Crippen LogP contribution in [0, 0.1) is 12.7 Å². The van der Waals surface area contributed by atoms with Gasteiger partial charge in [0.05, 0.1) is 12.8 Å². The van der Waals surface area contributed by atoms with E-state index in [1.807, 2.05) is 6.92 Å². The standard InChI is InChI=1S/C19H15FN2O3S/c1-11-9-13(25-2)8-7-12(11)10-14-17(23)21-19(26)22(18(14)24)16-6-4-3-5-15(16)20/h3-10H,1-2H3,(H,21,23,26)/b14-10+. The predicted molar refractivity (Wildman–Crippen MR) is 100 cm³/mol. The second kappa shape index (κ2) is 7.05. The van der Waals surface area contributed by atoms with E-state index in [9.17, 15) is 14.0 Å². The molecule has 2 amide bonds. The molecule has 132 valence electrons. The lowest BCUT2D eigenvalue weighted by Gasteiger charge is -2.29. The Labute approximate surface area is 155 Å². The highest BCUT2D eigenvalue weighted by Crippen LogP contribution is 2.26. The summed E-state index contributed by atoms with van der Waals surface area (Å²) in [6, 6.07) is 11.0. The van der Waals surface area contributed by atoms with Crippen LogP contribution in [0.5, 0.6) is 5.75 Å². The average Bonchev–Trinajstić information content (AvgIpc) is 2.61. The number of halogens is 1. The topological polar surface area (TPSA) is 58.6 Å². The molecule has 0 unspecified atom stereocenters. The predicted octanol–water partition coefficient (Wildman–Crippen LogP) is 2.97. The van der Waals surface area contributed by atoms with Crippen LogP contribution in [-0.4, -0.2) is 24.0 Å². The van der Waals surface area contributed by atoms with Crippen LogP contribution in [0.1, 0.15) is 11.1 Å². The summed E-state index contributed by atoms with van der Waals surface area (Å²) in [5.41, 5.74) is 1.35. The highest BCUT2D eigenvalue weighted by molar-refractivity contribution is 7.80. The van der Waals surface area contributed by atoms with E-state index in [1.54, 1.807) is 31.4 Å². The Hall–Kier alpha value is -3.06. The number of anilines is 1. The molecule has 1 heterocycles. The summed E-state index contributed by atoms with van der Waals surface area (Å²) >= 11 is 5.06.